The summed E-state index contributed by atoms with van der Waals surface area (Å²) in [6, 6.07) is 9.23. The van der Waals surface area contributed by atoms with Crippen molar-refractivity contribution in [3.8, 4) is 0 Å². The predicted octanol–water partition coefficient (Wildman–Crippen LogP) is 4.19. The second-order valence-corrected chi connectivity index (χ2v) is 6.59. The molecular weight excluding hydrogens is 258 g/mol. The number of hydrogen-bond acceptors (Lipinski definition) is 2. The summed E-state index contributed by atoms with van der Waals surface area (Å²) in [6.45, 7) is 4.58. The van der Waals surface area contributed by atoms with Crippen LogP contribution in [0.1, 0.15) is 57.8 Å². The Labute approximate surface area is 127 Å². The first kappa shape index (κ1) is 14.6. The minimum absolute atomic E-state index is 0.291. The van der Waals surface area contributed by atoms with E-state index in [2.05, 4.69) is 55.0 Å². The Morgan fingerprint density at radius 1 is 1.14 bits per heavy atom. The third kappa shape index (κ3) is 2.98. The van der Waals surface area contributed by atoms with Crippen LogP contribution < -0.4 is 5.32 Å². The van der Waals surface area contributed by atoms with Crippen LogP contribution in [-0.2, 0) is 7.05 Å². The molecule has 0 aliphatic heterocycles. The van der Waals surface area contributed by atoms with Crippen LogP contribution in [0.25, 0.3) is 11.0 Å². The van der Waals surface area contributed by atoms with Crippen LogP contribution in [0.3, 0.4) is 0 Å². The number of para-hydroxylation sites is 2. The van der Waals surface area contributed by atoms with Crippen LogP contribution in [0.2, 0.25) is 0 Å². The Bertz CT molecular complexity index is 596. The molecule has 1 fully saturated rings. The molecule has 0 amide bonds. The fourth-order valence-electron chi connectivity index (χ4n) is 3.79. The largest absolute Gasteiger partial charge is 0.330 e. The van der Waals surface area contributed by atoms with Gasteiger partial charge in [-0.3, -0.25) is 0 Å². The van der Waals surface area contributed by atoms with Gasteiger partial charge < -0.3 is 9.88 Å². The molecule has 21 heavy (non-hydrogen) atoms. The van der Waals surface area contributed by atoms with Gasteiger partial charge in [0.25, 0.3) is 0 Å². The molecule has 3 rings (SSSR count). The fraction of sp³-hybridized carbons (Fsp3) is 0.611. The highest BCUT2D eigenvalue weighted by molar-refractivity contribution is 5.75. The van der Waals surface area contributed by atoms with E-state index in [-0.39, 0.29) is 0 Å². The lowest BCUT2D eigenvalue weighted by Gasteiger charge is -2.30. The number of fused-ring (bicyclic) bond motifs is 1. The maximum Gasteiger partial charge on any atom is 0.126 e. The first-order chi connectivity index (χ1) is 10.2. The molecule has 0 spiro atoms. The van der Waals surface area contributed by atoms with Gasteiger partial charge in [-0.25, -0.2) is 4.98 Å². The number of aromatic nitrogens is 2. The minimum atomic E-state index is 0.291. The van der Waals surface area contributed by atoms with E-state index in [1.807, 2.05) is 0 Å². The first-order valence-corrected chi connectivity index (χ1v) is 8.34. The van der Waals surface area contributed by atoms with Gasteiger partial charge in [0.05, 0.1) is 17.1 Å². The molecule has 0 radical (unpaired) electrons. The summed E-state index contributed by atoms with van der Waals surface area (Å²) in [6.07, 6.45) is 6.98. The predicted molar refractivity (Wildman–Crippen MR) is 88.3 cm³/mol. The molecule has 1 unspecified atom stereocenters. The summed E-state index contributed by atoms with van der Waals surface area (Å²) >= 11 is 0. The summed E-state index contributed by atoms with van der Waals surface area (Å²) in [7, 11) is 2.12. The molecule has 3 heteroatoms. The Morgan fingerprint density at radius 3 is 2.57 bits per heavy atom. The molecule has 0 saturated heterocycles. The fourth-order valence-corrected chi connectivity index (χ4v) is 3.79. The van der Waals surface area contributed by atoms with Crippen molar-refractivity contribution in [2.75, 3.05) is 0 Å². The van der Waals surface area contributed by atoms with E-state index in [0.717, 1.165) is 17.3 Å². The molecular formula is C18H27N3. The maximum atomic E-state index is 4.81. The molecule has 1 N–H and O–H groups in total. The lowest BCUT2D eigenvalue weighted by atomic mass is 9.84. The first-order valence-electron chi connectivity index (χ1n) is 8.34. The average Bonchev–Trinajstić information content (AvgIpc) is 2.86. The minimum Gasteiger partial charge on any atom is -0.330 e. The lowest BCUT2D eigenvalue weighted by molar-refractivity contribution is 0.265. The van der Waals surface area contributed by atoms with Gasteiger partial charge in [0.2, 0.25) is 0 Å². The van der Waals surface area contributed by atoms with Crippen LogP contribution in [0, 0.1) is 5.92 Å². The van der Waals surface area contributed by atoms with E-state index >= 15 is 0 Å². The van der Waals surface area contributed by atoms with Crippen molar-refractivity contribution in [3.63, 3.8) is 0 Å². The van der Waals surface area contributed by atoms with Gasteiger partial charge in [-0.15, -0.1) is 0 Å². The van der Waals surface area contributed by atoms with Crippen molar-refractivity contribution < 1.29 is 0 Å². The molecule has 1 aromatic carbocycles. The number of imidazole rings is 1. The molecule has 2 aromatic rings. The summed E-state index contributed by atoms with van der Waals surface area (Å²) in [5.74, 6) is 1.97. The zero-order chi connectivity index (χ0) is 14.8. The molecule has 114 valence electrons. The number of nitrogens with one attached hydrogen (secondary N) is 1. The van der Waals surface area contributed by atoms with Crippen molar-refractivity contribution >= 4 is 11.0 Å². The molecule has 2 atom stereocenters. The van der Waals surface area contributed by atoms with Gasteiger partial charge in [-0.05, 0) is 44.7 Å². The SMILES string of the molecule is CC(N[C@@H](C)C1CCCCC1)c1nc2ccccc2n1C. The Balaban J connectivity index is 1.74. The van der Waals surface area contributed by atoms with Crippen molar-refractivity contribution in [2.24, 2.45) is 13.0 Å². The molecule has 1 heterocycles. The van der Waals surface area contributed by atoms with E-state index in [1.165, 1.54) is 37.6 Å². The van der Waals surface area contributed by atoms with Crippen LogP contribution in [-0.4, -0.2) is 15.6 Å². The van der Waals surface area contributed by atoms with E-state index in [1.54, 1.807) is 0 Å². The topological polar surface area (TPSA) is 29.9 Å². The summed E-state index contributed by atoms with van der Waals surface area (Å²) in [4.78, 5) is 4.81. The maximum absolute atomic E-state index is 4.81. The van der Waals surface area contributed by atoms with E-state index in [4.69, 9.17) is 4.98 Å². The zero-order valence-electron chi connectivity index (χ0n) is 13.5. The second kappa shape index (κ2) is 6.18. The molecule has 3 nitrogen and oxygen atoms in total. The third-order valence-corrected chi connectivity index (χ3v) is 5.08. The summed E-state index contributed by atoms with van der Waals surface area (Å²) < 4.78 is 2.22. The van der Waals surface area contributed by atoms with E-state index < -0.39 is 0 Å². The summed E-state index contributed by atoms with van der Waals surface area (Å²) in [5, 5.41) is 3.78. The number of rotatable bonds is 4. The highest BCUT2D eigenvalue weighted by Crippen LogP contribution is 2.28. The number of aryl methyl sites for hydroxylation is 1. The van der Waals surface area contributed by atoms with Crippen LogP contribution >= 0.6 is 0 Å². The highest BCUT2D eigenvalue weighted by Gasteiger charge is 2.23. The van der Waals surface area contributed by atoms with Crippen LogP contribution in [0.5, 0.6) is 0 Å². The van der Waals surface area contributed by atoms with Gasteiger partial charge in [0, 0.05) is 13.1 Å². The molecule has 1 aliphatic rings. The van der Waals surface area contributed by atoms with E-state index in [0.29, 0.717) is 12.1 Å². The third-order valence-electron chi connectivity index (χ3n) is 5.08. The Morgan fingerprint density at radius 2 is 1.86 bits per heavy atom. The molecule has 1 aliphatic carbocycles. The number of nitrogens with zero attached hydrogens (tertiary/aromatic N) is 2. The molecule has 0 bridgehead atoms. The van der Waals surface area contributed by atoms with Crippen molar-refractivity contribution in [2.45, 2.75) is 58.0 Å². The van der Waals surface area contributed by atoms with E-state index in [9.17, 15) is 0 Å². The summed E-state index contributed by atoms with van der Waals surface area (Å²) in [5.41, 5.74) is 2.31. The standard InChI is InChI=1S/C18H27N3/c1-13(15-9-5-4-6-10-15)19-14(2)18-20-16-11-7-8-12-17(16)21(18)3/h7-8,11-15,19H,4-6,9-10H2,1-3H3/t13-,14?/m0/s1. The van der Waals surface area contributed by atoms with Gasteiger partial charge in [-0.2, -0.15) is 0 Å². The molecule has 1 aromatic heterocycles. The zero-order valence-corrected chi connectivity index (χ0v) is 13.5. The van der Waals surface area contributed by atoms with Gasteiger partial charge in [0.1, 0.15) is 5.82 Å². The second-order valence-electron chi connectivity index (χ2n) is 6.59. The number of benzene rings is 1. The molecule has 1 saturated carbocycles. The van der Waals surface area contributed by atoms with Crippen molar-refractivity contribution in [1.29, 1.82) is 0 Å². The van der Waals surface area contributed by atoms with Crippen LogP contribution in [0.15, 0.2) is 24.3 Å². The Kier molecular flexibility index (Phi) is 4.29. The quantitative estimate of drug-likeness (QED) is 0.912. The Hall–Kier alpha value is -1.35. The van der Waals surface area contributed by atoms with Crippen molar-refractivity contribution in [3.05, 3.63) is 30.1 Å². The van der Waals surface area contributed by atoms with Gasteiger partial charge >= 0.3 is 0 Å². The normalized spacial score (nSPS) is 19.8. The highest BCUT2D eigenvalue weighted by atomic mass is 15.1. The monoisotopic (exact) mass is 285 g/mol. The van der Waals surface area contributed by atoms with Crippen LogP contribution in [0.4, 0.5) is 0 Å². The van der Waals surface area contributed by atoms with Crippen molar-refractivity contribution in [1.82, 2.24) is 14.9 Å². The lowest BCUT2D eigenvalue weighted by Crippen LogP contribution is -2.37. The van der Waals surface area contributed by atoms with Gasteiger partial charge in [-0.1, -0.05) is 31.4 Å². The average molecular weight is 285 g/mol. The smallest absolute Gasteiger partial charge is 0.126 e. The van der Waals surface area contributed by atoms with Gasteiger partial charge in [0.15, 0.2) is 0 Å². The number of hydrogen-bond donors (Lipinski definition) is 1.